The van der Waals surface area contributed by atoms with Crippen LogP contribution >= 0.6 is 0 Å². The molecule has 4 heteroatoms. The third-order valence-electron chi connectivity index (χ3n) is 3.61. The first kappa shape index (κ1) is 13.9. The van der Waals surface area contributed by atoms with Crippen LogP contribution in [0.1, 0.15) is 44.0 Å². The third-order valence-corrected chi connectivity index (χ3v) is 3.61. The second kappa shape index (κ2) is 5.35. The van der Waals surface area contributed by atoms with E-state index in [0.29, 0.717) is 11.5 Å². The van der Waals surface area contributed by atoms with E-state index in [1.165, 1.54) is 0 Å². The minimum atomic E-state index is -0.0444. The second-order valence-corrected chi connectivity index (χ2v) is 5.89. The van der Waals surface area contributed by atoms with Crippen LogP contribution in [0, 0.1) is 6.92 Å². The molecule has 2 aromatic rings. The highest BCUT2D eigenvalue weighted by molar-refractivity contribution is 5.64. The molecule has 1 fully saturated rings. The van der Waals surface area contributed by atoms with Crippen molar-refractivity contribution >= 4 is 0 Å². The fourth-order valence-corrected chi connectivity index (χ4v) is 2.37. The lowest BCUT2D eigenvalue weighted by Crippen LogP contribution is -2.15. The van der Waals surface area contributed by atoms with Crippen molar-refractivity contribution in [2.45, 2.75) is 45.6 Å². The lowest BCUT2D eigenvalue weighted by Gasteiger charge is -2.12. The highest BCUT2D eigenvalue weighted by atomic mass is 16.5. The Balaban J connectivity index is 2.05. The predicted octanol–water partition coefficient (Wildman–Crippen LogP) is 3.41. The van der Waals surface area contributed by atoms with E-state index in [9.17, 15) is 4.79 Å². The Hall–Kier alpha value is -2.10. The molecule has 1 aromatic carbocycles. The summed E-state index contributed by atoms with van der Waals surface area (Å²) < 4.78 is 5.72. The Labute approximate surface area is 124 Å². The van der Waals surface area contributed by atoms with Crippen LogP contribution in [0.3, 0.4) is 0 Å². The molecule has 3 rings (SSSR count). The molecule has 1 aromatic heterocycles. The number of aromatic amines is 1. The lowest BCUT2D eigenvalue weighted by atomic mass is 10.1. The van der Waals surface area contributed by atoms with E-state index in [4.69, 9.17) is 4.74 Å². The van der Waals surface area contributed by atoms with Crippen LogP contribution in [0.25, 0.3) is 11.3 Å². The second-order valence-electron chi connectivity index (χ2n) is 5.89. The molecule has 0 amide bonds. The average molecular weight is 284 g/mol. The highest BCUT2D eigenvalue weighted by Gasteiger charge is 2.27. The minimum absolute atomic E-state index is 0.0444. The summed E-state index contributed by atoms with van der Waals surface area (Å²) in [7, 11) is 0. The van der Waals surface area contributed by atoms with Crippen molar-refractivity contribution < 1.29 is 4.74 Å². The molecule has 1 saturated carbocycles. The first-order valence-electron chi connectivity index (χ1n) is 7.42. The molecule has 1 N–H and O–H groups in total. The number of nitrogens with zero attached hydrogens (tertiary/aromatic N) is 1. The minimum Gasteiger partial charge on any atom is -0.491 e. The maximum atomic E-state index is 12.1. The fourth-order valence-electron chi connectivity index (χ4n) is 2.37. The molecular formula is C17H20N2O2. The SMILES string of the molecule is Cc1c(-c2cccc(OC(C)C)c2)nc(C2CC2)[nH]c1=O. The number of hydrogen-bond acceptors (Lipinski definition) is 3. The van der Waals surface area contributed by atoms with E-state index in [2.05, 4.69) is 9.97 Å². The third kappa shape index (κ3) is 2.99. The van der Waals surface area contributed by atoms with Crippen molar-refractivity contribution in [2.24, 2.45) is 0 Å². The summed E-state index contributed by atoms with van der Waals surface area (Å²) in [6.07, 6.45) is 2.35. The summed E-state index contributed by atoms with van der Waals surface area (Å²) in [5.74, 6) is 2.04. The summed E-state index contributed by atoms with van der Waals surface area (Å²) in [6, 6.07) is 7.78. The Kier molecular flexibility index (Phi) is 3.53. The molecule has 0 spiro atoms. The molecule has 110 valence electrons. The van der Waals surface area contributed by atoms with Crippen molar-refractivity contribution in [2.75, 3.05) is 0 Å². The molecule has 0 aliphatic heterocycles. The van der Waals surface area contributed by atoms with Gasteiger partial charge in [-0.1, -0.05) is 12.1 Å². The molecule has 0 bridgehead atoms. The van der Waals surface area contributed by atoms with Crippen LogP contribution in [0.5, 0.6) is 5.75 Å². The van der Waals surface area contributed by atoms with Gasteiger partial charge in [0, 0.05) is 17.0 Å². The number of hydrogen-bond donors (Lipinski definition) is 1. The van der Waals surface area contributed by atoms with Gasteiger partial charge in [-0.2, -0.15) is 0 Å². The zero-order valence-corrected chi connectivity index (χ0v) is 12.6. The van der Waals surface area contributed by atoms with E-state index >= 15 is 0 Å². The number of nitrogens with one attached hydrogen (secondary N) is 1. The smallest absolute Gasteiger partial charge is 0.254 e. The van der Waals surface area contributed by atoms with Gasteiger partial charge in [0.1, 0.15) is 11.6 Å². The van der Waals surface area contributed by atoms with Gasteiger partial charge < -0.3 is 9.72 Å². The van der Waals surface area contributed by atoms with E-state index in [1.54, 1.807) is 0 Å². The zero-order chi connectivity index (χ0) is 15.0. The predicted molar refractivity (Wildman–Crippen MR) is 82.8 cm³/mol. The Morgan fingerprint density at radius 3 is 2.76 bits per heavy atom. The Bertz CT molecular complexity index is 715. The topological polar surface area (TPSA) is 55.0 Å². The normalized spacial score (nSPS) is 14.5. The van der Waals surface area contributed by atoms with Gasteiger partial charge >= 0.3 is 0 Å². The quantitative estimate of drug-likeness (QED) is 0.936. The molecule has 1 heterocycles. The fraction of sp³-hybridized carbons (Fsp3) is 0.412. The van der Waals surface area contributed by atoms with Gasteiger partial charge in [-0.25, -0.2) is 4.98 Å². The van der Waals surface area contributed by atoms with Gasteiger partial charge in [0.05, 0.1) is 11.8 Å². The summed E-state index contributed by atoms with van der Waals surface area (Å²) in [5, 5.41) is 0. The van der Waals surface area contributed by atoms with E-state index in [-0.39, 0.29) is 11.7 Å². The van der Waals surface area contributed by atoms with Crippen molar-refractivity contribution in [1.82, 2.24) is 9.97 Å². The largest absolute Gasteiger partial charge is 0.491 e. The molecule has 4 nitrogen and oxygen atoms in total. The van der Waals surface area contributed by atoms with E-state index in [0.717, 1.165) is 35.7 Å². The number of aromatic nitrogens is 2. The van der Waals surface area contributed by atoms with Gasteiger partial charge in [0.15, 0.2) is 0 Å². The van der Waals surface area contributed by atoms with Gasteiger partial charge in [0.25, 0.3) is 5.56 Å². The van der Waals surface area contributed by atoms with Crippen LogP contribution in [-0.4, -0.2) is 16.1 Å². The molecule has 1 aliphatic carbocycles. The monoisotopic (exact) mass is 284 g/mol. The molecular weight excluding hydrogens is 264 g/mol. The van der Waals surface area contributed by atoms with Gasteiger partial charge in [-0.3, -0.25) is 4.79 Å². The molecule has 0 unspecified atom stereocenters. The van der Waals surface area contributed by atoms with Crippen LogP contribution in [-0.2, 0) is 0 Å². The Morgan fingerprint density at radius 2 is 2.10 bits per heavy atom. The number of ether oxygens (including phenoxy) is 1. The standard InChI is InChI=1S/C17H20N2O2/c1-10(2)21-14-6-4-5-13(9-14)15-11(3)17(20)19-16(18-15)12-7-8-12/h4-6,9-10,12H,7-8H2,1-3H3,(H,18,19,20). The first-order valence-corrected chi connectivity index (χ1v) is 7.42. The summed E-state index contributed by atoms with van der Waals surface area (Å²) in [5.41, 5.74) is 2.30. The number of benzene rings is 1. The highest BCUT2D eigenvalue weighted by Crippen LogP contribution is 2.38. The average Bonchev–Trinajstić information content (AvgIpc) is 3.25. The number of H-pyrrole nitrogens is 1. The van der Waals surface area contributed by atoms with Crippen molar-refractivity contribution in [1.29, 1.82) is 0 Å². The van der Waals surface area contributed by atoms with E-state index in [1.807, 2.05) is 45.0 Å². The molecule has 0 radical (unpaired) electrons. The maximum Gasteiger partial charge on any atom is 0.254 e. The Morgan fingerprint density at radius 1 is 1.33 bits per heavy atom. The van der Waals surface area contributed by atoms with Gasteiger partial charge in [-0.05, 0) is 45.7 Å². The van der Waals surface area contributed by atoms with E-state index < -0.39 is 0 Å². The first-order chi connectivity index (χ1) is 10.0. The van der Waals surface area contributed by atoms with Gasteiger partial charge in [-0.15, -0.1) is 0 Å². The summed E-state index contributed by atoms with van der Waals surface area (Å²) >= 11 is 0. The van der Waals surface area contributed by atoms with Crippen LogP contribution in [0.2, 0.25) is 0 Å². The lowest BCUT2D eigenvalue weighted by molar-refractivity contribution is 0.242. The maximum absolute atomic E-state index is 12.1. The molecule has 1 aliphatic rings. The summed E-state index contributed by atoms with van der Waals surface area (Å²) in [4.78, 5) is 19.7. The zero-order valence-electron chi connectivity index (χ0n) is 12.6. The van der Waals surface area contributed by atoms with Crippen molar-refractivity contribution in [3.05, 3.63) is 46.0 Å². The van der Waals surface area contributed by atoms with Crippen molar-refractivity contribution in [3.8, 4) is 17.0 Å². The van der Waals surface area contributed by atoms with Crippen LogP contribution in [0.15, 0.2) is 29.1 Å². The molecule has 0 atom stereocenters. The van der Waals surface area contributed by atoms with Crippen LogP contribution in [0.4, 0.5) is 0 Å². The van der Waals surface area contributed by atoms with Crippen molar-refractivity contribution in [3.63, 3.8) is 0 Å². The van der Waals surface area contributed by atoms with Crippen LogP contribution < -0.4 is 10.3 Å². The van der Waals surface area contributed by atoms with Gasteiger partial charge in [0.2, 0.25) is 0 Å². The summed E-state index contributed by atoms with van der Waals surface area (Å²) in [6.45, 7) is 5.80. The molecule has 21 heavy (non-hydrogen) atoms. The molecule has 0 saturated heterocycles. The number of rotatable bonds is 4.